The van der Waals surface area contributed by atoms with Gasteiger partial charge in [0.2, 0.25) is 5.91 Å². The molecule has 0 unspecified atom stereocenters. The van der Waals surface area contributed by atoms with Gasteiger partial charge in [-0.2, -0.15) is 0 Å². The first-order chi connectivity index (χ1) is 14.3. The normalized spacial score (nSPS) is 11.3. The number of hydrogen-bond acceptors (Lipinski definition) is 5. The van der Waals surface area contributed by atoms with Gasteiger partial charge >= 0.3 is 5.97 Å². The van der Waals surface area contributed by atoms with Crippen LogP contribution in [0.25, 0.3) is 0 Å². The number of esters is 1. The third-order valence-corrected chi connectivity index (χ3v) is 6.42. The van der Waals surface area contributed by atoms with Crippen molar-refractivity contribution in [2.24, 2.45) is 0 Å². The lowest BCUT2D eigenvalue weighted by atomic mass is 10.1. The zero-order valence-corrected chi connectivity index (χ0v) is 18.8. The van der Waals surface area contributed by atoms with Gasteiger partial charge in [-0.05, 0) is 43.7 Å². The fourth-order valence-electron chi connectivity index (χ4n) is 2.96. The van der Waals surface area contributed by atoms with Gasteiger partial charge in [-0.1, -0.05) is 44.2 Å². The molecule has 0 aliphatic rings. The number of carbonyl (C=O) groups is 2. The molecule has 30 heavy (non-hydrogen) atoms. The Balaban J connectivity index is 2.27. The second kappa shape index (κ2) is 11.2. The third kappa shape index (κ3) is 6.09. The van der Waals surface area contributed by atoms with E-state index in [2.05, 4.69) is 12.2 Å². The monoisotopic (exact) mass is 454 g/mol. The van der Waals surface area contributed by atoms with Crippen LogP contribution in [0.5, 0.6) is 0 Å². The van der Waals surface area contributed by atoms with Gasteiger partial charge in [-0.25, -0.2) is 17.2 Å². The van der Waals surface area contributed by atoms with Crippen molar-refractivity contribution in [1.29, 1.82) is 0 Å². The third-order valence-electron chi connectivity index (χ3n) is 4.46. The highest BCUT2D eigenvalue weighted by Crippen LogP contribution is 2.28. The van der Waals surface area contributed by atoms with E-state index in [1.165, 1.54) is 36.5 Å². The molecule has 164 valence electrons. The minimum absolute atomic E-state index is 0.112. The van der Waals surface area contributed by atoms with Gasteiger partial charge in [-0.15, -0.1) is 0 Å². The Hall–Kier alpha value is -2.32. The van der Waals surface area contributed by atoms with E-state index in [1.54, 1.807) is 6.92 Å². The largest absolute Gasteiger partial charge is 0.461 e. The van der Waals surface area contributed by atoms with Crippen molar-refractivity contribution >= 4 is 39.2 Å². The molecule has 0 radical (unpaired) electrons. The molecular weight excluding hydrogens is 428 g/mol. The van der Waals surface area contributed by atoms with E-state index in [9.17, 15) is 18.0 Å². The zero-order valence-electron chi connectivity index (χ0n) is 17.2. The van der Waals surface area contributed by atoms with E-state index in [0.29, 0.717) is 6.42 Å². The first kappa shape index (κ1) is 24.0. The van der Waals surface area contributed by atoms with Gasteiger partial charge in [0.1, 0.15) is 10.6 Å². The first-order valence-corrected chi connectivity index (χ1v) is 11.8. The summed E-state index contributed by atoms with van der Waals surface area (Å²) in [6.45, 7) is 3.86. The van der Waals surface area contributed by atoms with Crippen molar-refractivity contribution < 1.29 is 22.7 Å². The Bertz CT molecular complexity index is 985. The minimum atomic E-state index is -4.20. The standard InChI is InChI=1S/C21H27ClN2O5S/c1-3-5-6-7-8-11-20(25)23-17-13-12-16(22)15-19(17)30(27,28)24-14-9-10-18(24)21(26)29-4-2/h9-10,12-15H,3-8,11H2,1-2H3,(H,23,25). The lowest BCUT2D eigenvalue weighted by Crippen LogP contribution is -2.21. The number of rotatable bonds is 11. The topological polar surface area (TPSA) is 94.5 Å². The predicted octanol–water partition coefficient (Wildman–Crippen LogP) is 4.85. The lowest BCUT2D eigenvalue weighted by Gasteiger charge is -2.15. The van der Waals surface area contributed by atoms with Crippen LogP contribution in [0.1, 0.15) is 62.9 Å². The number of anilines is 1. The SMILES string of the molecule is CCCCCCCC(=O)Nc1ccc(Cl)cc1S(=O)(=O)n1cccc1C(=O)OCC. The molecular formula is C21H27ClN2O5S. The summed E-state index contributed by atoms with van der Waals surface area (Å²) in [4.78, 5) is 24.3. The maximum atomic E-state index is 13.3. The predicted molar refractivity (Wildman–Crippen MR) is 116 cm³/mol. The van der Waals surface area contributed by atoms with Gasteiger partial charge in [-0.3, -0.25) is 4.79 Å². The van der Waals surface area contributed by atoms with Gasteiger partial charge in [0.25, 0.3) is 10.0 Å². The molecule has 1 heterocycles. The summed E-state index contributed by atoms with van der Waals surface area (Å²) in [5.74, 6) is -1.03. The summed E-state index contributed by atoms with van der Waals surface area (Å²) in [6.07, 6.45) is 6.53. The number of hydrogen-bond donors (Lipinski definition) is 1. The highest BCUT2D eigenvalue weighted by atomic mass is 35.5. The molecule has 7 nitrogen and oxygen atoms in total. The summed E-state index contributed by atoms with van der Waals surface area (Å²) < 4.78 is 32.3. The van der Waals surface area contributed by atoms with Crippen LogP contribution in [0.3, 0.4) is 0 Å². The summed E-state index contributed by atoms with van der Waals surface area (Å²) in [5.41, 5.74) is -0.0218. The Morgan fingerprint density at radius 1 is 1.10 bits per heavy atom. The highest BCUT2D eigenvalue weighted by Gasteiger charge is 2.27. The molecule has 0 aliphatic carbocycles. The molecule has 1 aromatic carbocycles. The molecule has 0 saturated carbocycles. The highest BCUT2D eigenvalue weighted by molar-refractivity contribution is 7.90. The summed E-state index contributed by atoms with van der Waals surface area (Å²) in [5, 5.41) is 2.86. The molecule has 9 heteroatoms. The van der Waals surface area contributed by atoms with E-state index < -0.39 is 16.0 Å². The van der Waals surface area contributed by atoms with Crippen LogP contribution >= 0.6 is 11.6 Å². The lowest BCUT2D eigenvalue weighted by molar-refractivity contribution is -0.116. The molecule has 0 saturated heterocycles. The molecule has 1 aromatic heterocycles. The number of unbranched alkanes of at least 4 members (excludes halogenated alkanes) is 4. The van der Waals surface area contributed by atoms with E-state index in [0.717, 1.165) is 36.1 Å². The molecule has 0 fully saturated rings. The number of carbonyl (C=O) groups excluding carboxylic acids is 2. The molecule has 2 aromatic rings. The number of ether oxygens (including phenoxy) is 1. The van der Waals surface area contributed by atoms with Crippen LogP contribution in [0.4, 0.5) is 5.69 Å². The van der Waals surface area contributed by atoms with E-state index in [-0.39, 0.29) is 33.8 Å². The van der Waals surface area contributed by atoms with Crippen LogP contribution in [0.15, 0.2) is 41.4 Å². The maximum Gasteiger partial charge on any atom is 0.355 e. The van der Waals surface area contributed by atoms with Crippen LogP contribution in [0, 0.1) is 0 Å². The van der Waals surface area contributed by atoms with Crippen LogP contribution in [0.2, 0.25) is 5.02 Å². The Kier molecular flexibility index (Phi) is 8.92. The number of halogens is 1. The van der Waals surface area contributed by atoms with Crippen molar-refractivity contribution in [3.05, 3.63) is 47.2 Å². The minimum Gasteiger partial charge on any atom is -0.461 e. The van der Waals surface area contributed by atoms with Crippen molar-refractivity contribution in [1.82, 2.24) is 3.97 Å². The van der Waals surface area contributed by atoms with Gasteiger partial charge in [0, 0.05) is 17.6 Å². The van der Waals surface area contributed by atoms with Crippen LogP contribution in [-0.2, 0) is 19.6 Å². The van der Waals surface area contributed by atoms with Crippen LogP contribution in [-0.4, -0.2) is 30.9 Å². The molecule has 0 spiro atoms. The molecule has 2 rings (SSSR count). The Morgan fingerprint density at radius 3 is 2.53 bits per heavy atom. The van der Waals surface area contributed by atoms with Crippen molar-refractivity contribution in [2.45, 2.75) is 57.3 Å². The average molecular weight is 455 g/mol. The van der Waals surface area contributed by atoms with Crippen molar-refractivity contribution in [3.8, 4) is 0 Å². The molecule has 0 atom stereocenters. The van der Waals surface area contributed by atoms with Gasteiger partial charge in [0.15, 0.2) is 0 Å². The zero-order chi connectivity index (χ0) is 22.1. The number of aromatic nitrogens is 1. The first-order valence-electron chi connectivity index (χ1n) is 10.0. The smallest absolute Gasteiger partial charge is 0.355 e. The summed E-state index contributed by atoms with van der Waals surface area (Å²) in [7, 11) is -4.20. The van der Waals surface area contributed by atoms with Gasteiger partial charge in [0.05, 0.1) is 12.3 Å². The van der Waals surface area contributed by atoms with E-state index >= 15 is 0 Å². The number of nitrogens with zero attached hydrogens (tertiary/aromatic N) is 1. The van der Waals surface area contributed by atoms with E-state index in [4.69, 9.17) is 16.3 Å². The van der Waals surface area contributed by atoms with Crippen molar-refractivity contribution in [2.75, 3.05) is 11.9 Å². The fourth-order valence-corrected chi connectivity index (χ4v) is 4.71. The number of benzene rings is 1. The number of nitrogens with one attached hydrogen (secondary N) is 1. The molecule has 0 aliphatic heterocycles. The summed E-state index contributed by atoms with van der Waals surface area (Å²) >= 11 is 6.03. The maximum absolute atomic E-state index is 13.3. The number of amides is 1. The molecule has 1 amide bonds. The van der Waals surface area contributed by atoms with E-state index in [1.807, 2.05) is 0 Å². The summed E-state index contributed by atoms with van der Waals surface area (Å²) in [6, 6.07) is 6.98. The average Bonchev–Trinajstić information content (AvgIpc) is 3.20. The quantitative estimate of drug-likeness (QED) is 0.386. The second-order valence-electron chi connectivity index (χ2n) is 6.77. The second-order valence-corrected chi connectivity index (χ2v) is 8.99. The fraction of sp³-hybridized carbons (Fsp3) is 0.429. The Labute approximate surface area is 182 Å². The Morgan fingerprint density at radius 2 is 1.83 bits per heavy atom. The van der Waals surface area contributed by atoms with Gasteiger partial charge < -0.3 is 10.1 Å². The molecule has 1 N–H and O–H groups in total. The van der Waals surface area contributed by atoms with Crippen LogP contribution < -0.4 is 5.32 Å². The van der Waals surface area contributed by atoms with Crippen molar-refractivity contribution in [3.63, 3.8) is 0 Å². The molecule has 0 bridgehead atoms.